The number of amides is 1. The second-order valence-corrected chi connectivity index (χ2v) is 11.1. The van der Waals surface area contributed by atoms with Crippen LogP contribution in [0.3, 0.4) is 0 Å². The van der Waals surface area contributed by atoms with Gasteiger partial charge in [-0.25, -0.2) is 18.2 Å². The van der Waals surface area contributed by atoms with Crippen LogP contribution in [0.25, 0.3) is 0 Å². The lowest BCUT2D eigenvalue weighted by molar-refractivity contribution is -0.0349. The van der Waals surface area contributed by atoms with Gasteiger partial charge in [0, 0.05) is 49.4 Å². The first-order valence-electron chi connectivity index (χ1n) is 13.5. The van der Waals surface area contributed by atoms with Crippen LogP contribution >= 0.6 is 0 Å². The number of aromatic nitrogens is 4. The summed E-state index contributed by atoms with van der Waals surface area (Å²) in [6.07, 6.45) is 2.26. The first-order valence-corrected chi connectivity index (χ1v) is 13.5. The van der Waals surface area contributed by atoms with Crippen molar-refractivity contribution < 1.29 is 27.4 Å². The highest BCUT2D eigenvalue weighted by Crippen LogP contribution is 2.52. The van der Waals surface area contributed by atoms with E-state index in [0.717, 1.165) is 60.0 Å². The van der Waals surface area contributed by atoms with Crippen molar-refractivity contribution in [1.82, 2.24) is 30.4 Å². The molecule has 0 unspecified atom stereocenters. The Hall–Kier alpha value is -4.00. The number of nitrogens with zero attached hydrogens (tertiary/aromatic N) is 6. The second kappa shape index (κ2) is 10.8. The molecule has 1 amide bonds. The van der Waals surface area contributed by atoms with Crippen molar-refractivity contribution in [3.8, 4) is 17.4 Å². The molecule has 1 N–H and O–H groups in total. The number of pyridine rings is 1. The lowest BCUT2D eigenvalue weighted by atomic mass is 9.61. The summed E-state index contributed by atoms with van der Waals surface area (Å²) >= 11 is 0. The number of hydrogen-bond donors (Lipinski definition) is 1. The van der Waals surface area contributed by atoms with Crippen molar-refractivity contribution in [3.63, 3.8) is 0 Å². The third-order valence-electron chi connectivity index (χ3n) is 7.83. The Bertz CT molecular complexity index is 1440. The molecule has 41 heavy (non-hydrogen) atoms. The molecular weight excluding hydrogens is 539 g/mol. The van der Waals surface area contributed by atoms with Crippen LogP contribution in [0.5, 0.6) is 17.4 Å². The quantitative estimate of drug-likeness (QED) is 0.410. The first kappa shape index (κ1) is 27.2. The molecule has 4 heterocycles. The summed E-state index contributed by atoms with van der Waals surface area (Å²) in [6, 6.07) is 4.76. The monoisotopic (exact) mass is 569 g/mol. The Morgan fingerprint density at radius 2 is 1.98 bits per heavy atom. The van der Waals surface area contributed by atoms with Crippen molar-refractivity contribution in [2.45, 2.75) is 58.3 Å². The van der Waals surface area contributed by atoms with E-state index in [2.05, 4.69) is 25.5 Å². The Balaban J connectivity index is 1.14. The molecule has 2 fully saturated rings. The standard InChI is InChI=1S/C28H30F3N7O3/c1-16(2)38(12-24(30)31)27(39)19-7-17(29)3-4-22(19)41-26-25(34-15-35-36-26)37-13-28(14-37)8-18(9-28)40-23-5-6-33-21-11-32-10-20(21)23/h3-7,15-16,18,24,32H,8-14H2,1-2H3. The maximum Gasteiger partial charge on any atom is 0.282 e. The fourth-order valence-electron chi connectivity index (χ4n) is 5.85. The van der Waals surface area contributed by atoms with E-state index in [0.29, 0.717) is 18.9 Å². The number of carbonyl (C=O) groups is 1. The van der Waals surface area contributed by atoms with Gasteiger partial charge in [0.15, 0.2) is 5.82 Å². The van der Waals surface area contributed by atoms with Gasteiger partial charge in [-0.15, -0.1) is 10.2 Å². The molecule has 3 aliphatic rings. The van der Waals surface area contributed by atoms with Crippen LogP contribution in [-0.4, -0.2) is 69.2 Å². The van der Waals surface area contributed by atoms with Crippen molar-refractivity contribution >= 4 is 11.7 Å². The fraction of sp³-hybridized carbons (Fsp3) is 0.464. The molecule has 13 heteroatoms. The Morgan fingerprint density at radius 3 is 2.73 bits per heavy atom. The number of benzene rings is 1. The number of halogens is 3. The molecule has 1 spiro atoms. The van der Waals surface area contributed by atoms with Crippen molar-refractivity contribution in [1.29, 1.82) is 0 Å². The third-order valence-corrected chi connectivity index (χ3v) is 7.83. The van der Waals surface area contributed by atoms with E-state index in [4.69, 9.17) is 9.47 Å². The van der Waals surface area contributed by atoms with Crippen LogP contribution in [0.1, 0.15) is 48.3 Å². The number of alkyl halides is 2. The molecule has 0 atom stereocenters. The van der Waals surface area contributed by atoms with E-state index in [9.17, 15) is 18.0 Å². The van der Waals surface area contributed by atoms with Crippen LogP contribution in [0, 0.1) is 11.2 Å². The summed E-state index contributed by atoms with van der Waals surface area (Å²) in [5.41, 5.74) is 2.06. The SMILES string of the molecule is CC(C)N(CC(F)F)C(=O)c1cc(F)ccc1Oc1nncnc1N1CC2(CC(Oc3ccnc4c3CNC4)C2)C1. The fourth-order valence-corrected chi connectivity index (χ4v) is 5.85. The normalized spacial score (nSPS) is 17.4. The Kier molecular flexibility index (Phi) is 7.14. The molecule has 1 saturated carbocycles. The summed E-state index contributed by atoms with van der Waals surface area (Å²) in [6.45, 7) is 5.38. The number of nitrogens with one attached hydrogen (secondary N) is 1. The Morgan fingerprint density at radius 1 is 1.17 bits per heavy atom. The van der Waals surface area contributed by atoms with E-state index in [1.807, 2.05) is 11.0 Å². The minimum atomic E-state index is -2.74. The average Bonchev–Trinajstić information content (AvgIpc) is 3.39. The number of fused-ring (bicyclic) bond motifs is 1. The lowest BCUT2D eigenvalue weighted by Crippen LogP contribution is -2.65. The maximum atomic E-state index is 14.2. The summed E-state index contributed by atoms with van der Waals surface area (Å²) in [7, 11) is 0. The van der Waals surface area contributed by atoms with Crippen LogP contribution in [0.2, 0.25) is 0 Å². The molecule has 3 aromatic rings. The molecular formula is C28H30F3N7O3. The van der Waals surface area contributed by atoms with Gasteiger partial charge in [0.25, 0.3) is 18.2 Å². The summed E-state index contributed by atoms with van der Waals surface area (Å²) in [4.78, 5) is 24.9. The zero-order valence-corrected chi connectivity index (χ0v) is 22.7. The van der Waals surface area contributed by atoms with Gasteiger partial charge < -0.3 is 24.6 Å². The van der Waals surface area contributed by atoms with Gasteiger partial charge in [-0.2, -0.15) is 0 Å². The number of rotatable bonds is 9. The first-order chi connectivity index (χ1) is 19.7. The highest BCUT2D eigenvalue weighted by Gasteiger charge is 2.54. The minimum absolute atomic E-state index is 0.0217. The minimum Gasteiger partial charge on any atom is -0.490 e. The highest BCUT2D eigenvalue weighted by atomic mass is 19.3. The molecule has 2 aliphatic heterocycles. The van der Waals surface area contributed by atoms with Gasteiger partial charge in [-0.3, -0.25) is 9.78 Å². The van der Waals surface area contributed by atoms with Gasteiger partial charge in [-0.1, -0.05) is 0 Å². The molecule has 1 aliphatic carbocycles. The topological polar surface area (TPSA) is 106 Å². The predicted octanol–water partition coefficient (Wildman–Crippen LogP) is 3.96. The number of hydrogen-bond acceptors (Lipinski definition) is 9. The van der Waals surface area contributed by atoms with E-state index in [-0.39, 0.29) is 28.7 Å². The Labute approximate surface area is 234 Å². The summed E-state index contributed by atoms with van der Waals surface area (Å²) in [5, 5.41) is 11.2. The van der Waals surface area contributed by atoms with E-state index >= 15 is 0 Å². The predicted molar refractivity (Wildman–Crippen MR) is 142 cm³/mol. The van der Waals surface area contributed by atoms with Gasteiger partial charge in [0.05, 0.1) is 17.8 Å². The molecule has 0 bridgehead atoms. The molecule has 216 valence electrons. The van der Waals surface area contributed by atoms with Crippen LogP contribution in [-0.2, 0) is 13.1 Å². The summed E-state index contributed by atoms with van der Waals surface area (Å²) in [5.74, 6) is -0.123. The smallest absolute Gasteiger partial charge is 0.282 e. The second-order valence-electron chi connectivity index (χ2n) is 11.1. The largest absolute Gasteiger partial charge is 0.490 e. The zero-order chi connectivity index (χ0) is 28.7. The molecule has 1 aromatic carbocycles. The number of anilines is 1. The van der Waals surface area contributed by atoms with Crippen molar-refractivity contribution in [3.05, 3.63) is 59.4 Å². The molecule has 6 rings (SSSR count). The maximum absolute atomic E-state index is 14.2. The van der Waals surface area contributed by atoms with Gasteiger partial charge >= 0.3 is 0 Å². The van der Waals surface area contributed by atoms with Gasteiger partial charge in [0.1, 0.15) is 29.7 Å². The van der Waals surface area contributed by atoms with Crippen molar-refractivity contribution in [2.75, 3.05) is 24.5 Å². The number of carbonyl (C=O) groups excluding carboxylic acids is 1. The average molecular weight is 570 g/mol. The summed E-state index contributed by atoms with van der Waals surface area (Å²) < 4.78 is 52.8. The van der Waals surface area contributed by atoms with Gasteiger partial charge in [-0.05, 0) is 51.0 Å². The molecule has 2 aromatic heterocycles. The van der Waals surface area contributed by atoms with E-state index in [1.165, 1.54) is 12.4 Å². The zero-order valence-electron chi connectivity index (χ0n) is 22.7. The van der Waals surface area contributed by atoms with Crippen LogP contribution < -0.4 is 19.7 Å². The van der Waals surface area contributed by atoms with E-state index < -0.39 is 30.7 Å². The lowest BCUT2D eigenvalue weighted by Gasteiger charge is -2.58. The van der Waals surface area contributed by atoms with Gasteiger partial charge in [0.2, 0.25) is 0 Å². The van der Waals surface area contributed by atoms with Crippen LogP contribution in [0.4, 0.5) is 19.0 Å². The third kappa shape index (κ3) is 5.37. The molecule has 10 nitrogen and oxygen atoms in total. The highest BCUT2D eigenvalue weighted by molar-refractivity contribution is 5.97. The number of ether oxygens (including phenoxy) is 2. The molecule has 0 radical (unpaired) electrons. The molecule has 1 saturated heterocycles. The van der Waals surface area contributed by atoms with Crippen LogP contribution in [0.15, 0.2) is 36.8 Å². The van der Waals surface area contributed by atoms with Crippen molar-refractivity contribution in [2.24, 2.45) is 5.41 Å². The van der Waals surface area contributed by atoms with E-state index in [1.54, 1.807) is 20.0 Å².